The fourth-order valence-corrected chi connectivity index (χ4v) is 4.48. The summed E-state index contributed by atoms with van der Waals surface area (Å²) in [5.41, 5.74) is 1.57. The summed E-state index contributed by atoms with van der Waals surface area (Å²) in [5, 5.41) is 4.34. The van der Waals surface area contributed by atoms with Gasteiger partial charge in [0.25, 0.3) is 5.91 Å². The lowest BCUT2D eigenvalue weighted by molar-refractivity contribution is -0.134. The van der Waals surface area contributed by atoms with Crippen LogP contribution in [0.3, 0.4) is 0 Å². The van der Waals surface area contributed by atoms with E-state index in [0.29, 0.717) is 18.7 Å². The Morgan fingerprint density at radius 3 is 2.61 bits per heavy atom. The first-order chi connectivity index (χ1) is 15.1. The summed E-state index contributed by atoms with van der Waals surface area (Å²) in [6, 6.07) is 7.76. The lowest BCUT2D eigenvalue weighted by atomic mass is 9.94. The van der Waals surface area contributed by atoms with Crippen molar-refractivity contribution < 1.29 is 9.59 Å². The van der Waals surface area contributed by atoms with E-state index in [1.54, 1.807) is 10.7 Å². The Labute approximate surface area is 183 Å². The van der Waals surface area contributed by atoms with Gasteiger partial charge in [-0.2, -0.15) is 5.10 Å². The Hall–Kier alpha value is -2.74. The molecule has 0 bridgehead atoms. The SMILES string of the molecule is CCn1ccc(C(=O)N2CCCC(CC(=O)N3CCN(Cc4ccccn4)CC3)C2)n1. The highest BCUT2D eigenvalue weighted by atomic mass is 16.2. The van der Waals surface area contributed by atoms with Gasteiger partial charge in [0.05, 0.1) is 5.69 Å². The molecule has 4 rings (SSSR count). The van der Waals surface area contributed by atoms with Gasteiger partial charge in [-0.05, 0) is 43.9 Å². The Morgan fingerprint density at radius 1 is 1.06 bits per heavy atom. The molecule has 1 unspecified atom stereocenters. The van der Waals surface area contributed by atoms with Crippen LogP contribution in [0.1, 0.15) is 42.4 Å². The second-order valence-corrected chi connectivity index (χ2v) is 8.50. The predicted molar refractivity (Wildman–Crippen MR) is 117 cm³/mol. The highest BCUT2D eigenvalue weighted by Gasteiger charge is 2.29. The smallest absolute Gasteiger partial charge is 0.274 e. The van der Waals surface area contributed by atoms with Crippen molar-refractivity contribution in [2.24, 2.45) is 5.92 Å². The maximum absolute atomic E-state index is 12.9. The van der Waals surface area contributed by atoms with E-state index < -0.39 is 0 Å². The average molecular weight is 425 g/mol. The number of aromatic nitrogens is 3. The monoisotopic (exact) mass is 424 g/mol. The van der Waals surface area contributed by atoms with Crippen LogP contribution >= 0.6 is 0 Å². The molecule has 2 aromatic heterocycles. The number of pyridine rings is 1. The number of carbonyl (C=O) groups is 2. The second kappa shape index (κ2) is 10.0. The Morgan fingerprint density at radius 2 is 1.90 bits per heavy atom. The van der Waals surface area contributed by atoms with Crippen LogP contribution in [-0.2, 0) is 17.9 Å². The van der Waals surface area contributed by atoms with Gasteiger partial charge >= 0.3 is 0 Å². The standard InChI is InChI=1S/C23H32N6O2/c1-2-29-11-8-21(25-29)23(31)28-10-5-6-19(17-28)16-22(30)27-14-12-26(13-15-27)18-20-7-3-4-9-24-20/h3-4,7-9,11,19H,2,5-6,10,12-18H2,1H3. The molecule has 0 aromatic carbocycles. The number of aryl methyl sites for hydroxylation is 1. The van der Waals surface area contributed by atoms with E-state index in [4.69, 9.17) is 0 Å². The van der Waals surface area contributed by atoms with Crippen molar-refractivity contribution in [1.82, 2.24) is 29.5 Å². The third kappa shape index (κ3) is 5.50. The zero-order valence-electron chi connectivity index (χ0n) is 18.3. The Bertz CT molecular complexity index is 875. The first kappa shape index (κ1) is 21.5. The predicted octanol–water partition coefficient (Wildman–Crippen LogP) is 1.88. The largest absolute Gasteiger partial charge is 0.340 e. The van der Waals surface area contributed by atoms with Gasteiger partial charge in [-0.3, -0.25) is 24.2 Å². The number of likely N-dealkylation sites (tertiary alicyclic amines) is 1. The van der Waals surface area contributed by atoms with Crippen molar-refractivity contribution >= 4 is 11.8 Å². The van der Waals surface area contributed by atoms with Crippen molar-refractivity contribution in [1.29, 1.82) is 0 Å². The summed E-state index contributed by atoms with van der Waals surface area (Å²) in [4.78, 5) is 36.3. The zero-order valence-corrected chi connectivity index (χ0v) is 18.3. The highest BCUT2D eigenvalue weighted by Crippen LogP contribution is 2.22. The first-order valence-electron chi connectivity index (χ1n) is 11.3. The van der Waals surface area contributed by atoms with Crippen molar-refractivity contribution in [2.45, 2.75) is 39.3 Å². The molecule has 2 aromatic rings. The number of nitrogens with zero attached hydrogens (tertiary/aromatic N) is 6. The van der Waals surface area contributed by atoms with Crippen molar-refractivity contribution in [3.05, 3.63) is 48.0 Å². The molecule has 2 aliphatic rings. The number of rotatable bonds is 6. The number of piperazine rings is 1. The molecule has 1 atom stereocenters. The quantitative estimate of drug-likeness (QED) is 0.708. The molecular formula is C23H32N6O2. The molecule has 2 amide bonds. The first-order valence-corrected chi connectivity index (χ1v) is 11.3. The van der Waals surface area contributed by atoms with E-state index >= 15 is 0 Å². The summed E-state index contributed by atoms with van der Waals surface area (Å²) in [6.07, 6.45) is 6.12. The molecule has 0 radical (unpaired) electrons. The van der Waals surface area contributed by atoms with E-state index in [0.717, 1.165) is 64.3 Å². The van der Waals surface area contributed by atoms with E-state index in [-0.39, 0.29) is 17.7 Å². The average Bonchev–Trinajstić information content (AvgIpc) is 3.29. The minimum atomic E-state index is -0.0208. The normalized spacial score (nSPS) is 20.1. The highest BCUT2D eigenvalue weighted by molar-refractivity contribution is 5.92. The van der Waals surface area contributed by atoms with Crippen LogP contribution in [0.15, 0.2) is 36.7 Å². The van der Waals surface area contributed by atoms with Gasteiger partial charge in [0.15, 0.2) is 0 Å². The van der Waals surface area contributed by atoms with E-state index in [2.05, 4.69) is 15.0 Å². The van der Waals surface area contributed by atoms with Gasteiger partial charge in [-0.1, -0.05) is 6.07 Å². The number of amides is 2. The topological polar surface area (TPSA) is 74.6 Å². The molecular weight excluding hydrogens is 392 g/mol. The lowest BCUT2D eigenvalue weighted by Crippen LogP contribution is -2.49. The van der Waals surface area contributed by atoms with Crippen LogP contribution < -0.4 is 0 Å². The van der Waals surface area contributed by atoms with Gasteiger partial charge in [0, 0.05) is 71.2 Å². The molecule has 0 aliphatic carbocycles. The second-order valence-electron chi connectivity index (χ2n) is 8.50. The zero-order chi connectivity index (χ0) is 21.6. The van der Waals surface area contributed by atoms with Crippen LogP contribution in [0.2, 0.25) is 0 Å². The molecule has 0 saturated carbocycles. The summed E-state index contributed by atoms with van der Waals surface area (Å²) in [6.45, 7) is 8.23. The molecule has 2 saturated heterocycles. The van der Waals surface area contributed by atoms with E-state index in [1.165, 1.54) is 0 Å². The van der Waals surface area contributed by atoms with Crippen LogP contribution in [0.5, 0.6) is 0 Å². The molecule has 8 heteroatoms. The number of carbonyl (C=O) groups excluding carboxylic acids is 2. The van der Waals surface area contributed by atoms with Crippen molar-refractivity contribution in [3.8, 4) is 0 Å². The summed E-state index contributed by atoms with van der Waals surface area (Å²) in [5.74, 6) is 0.421. The number of piperidine rings is 1. The molecule has 0 spiro atoms. The minimum absolute atomic E-state index is 0.0208. The summed E-state index contributed by atoms with van der Waals surface area (Å²) in [7, 11) is 0. The van der Waals surface area contributed by atoms with Crippen molar-refractivity contribution in [2.75, 3.05) is 39.3 Å². The number of hydrogen-bond acceptors (Lipinski definition) is 5. The molecule has 4 heterocycles. The molecule has 2 aliphatic heterocycles. The molecule has 0 N–H and O–H groups in total. The molecule has 8 nitrogen and oxygen atoms in total. The lowest BCUT2D eigenvalue weighted by Gasteiger charge is -2.37. The molecule has 2 fully saturated rings. The van der Waals surface area contributed by atoms with Crippen molar-refractivity contribution in [3.63, 3.8) is 0 Å². The van der Waals surface area contributed by atoms with Crippen LogP contribution in [0.4, 0.5) is 0 Å². The molecule has 166 valence electrons. The van der Waals surface area contributed by atoms with Crippen LogP contribution in [0, 0.1) is 5.92 Å². The summed E-state index contributed by atoms with van der Waals surface area (Å²) < 4.78 is 1.77. The number of hydrogen-bond donors (Lipinski definition) is 0. The van der Waals surface area contributed by atoms with Crippen LogP contribution in [0.25, 0.3) is 0 Å². The maximum Gasteiger partial charge on any atom is 0.274 e. The third-order valence-corrected chi connectivity index (χ3v) is 6.29. The maximum atomic E-state index is 12.9. The molecule has 31 heavy (non-hydrogen) atoms. The van der Waals surface area contributed by atoms with E-state index in [1.807, 2.05) is 47.3 Å². The van der Waals surface area contributed by atoms with Gasteiger partial charge in [0.1, 0.15) is 5.69 Å². The fraction of sp³-hybridized carbons (Fsp3) is 0.565. The fourth-order valence-electron chi connectivity index (χ4n) is 4.48. The third-order valence-electron chi connectivity index (χ3n) is 6.29. The van der Waals surface area contributed by atoms with Gasteiger partial charge in [0.2, 0.25) is 5.91 Å². The van der Waals surface area contributed by atoms with E-state index in [9.17, 15) is 9.59 Å². The Balaban J connectivity index is 1.24. The summed E-state index contributed by atoms with van der Waals surface area (Å²) >= 11 is 0. The van der Waals surface area contributed by atoms with Gasteiger partial charge in [-0.25, -0.2) is 0 Å². The van der Waals surface area contributed by atoms with Gasteiger partial charge in [-0.15, -0.1) is 0 Å². The minimum Gasteiger partial charge on any atom is -0.340 e. The van der Waals surface area contributed by atoms with Crippen LogP contribution in [-0.4, -0.2) is 80.5 Å². The van der Waals surface area contributed by atoms with Gasteiger partial charge < -0.3 is 9.80 Å². The Kier molecular flexibility index (Phi) is 6.96.